The molecule has 0 bridgehead atoms. The van der Waals surface area contributed by atoms with Crippen LogP contribution in [0.2, 0.25) is 0 Å². The summed E-state index contributed by atoms with van der Waals surface area (Å²) >= 11 is 0. The van der Waals surface area contributed by atoms with Gasteiger partial charge in [-0.05, 0) is 25.7 Å². The summed E-state index contributed by atoms with van der Waals surface area (Å²) in [5.74, 6) is 0.471. The Morgan fingerprint density at radius 3 is 2.58 bits per heavy atom. The van der Waals surface area contributed by atoms with Crippen molar-refractivity contribution in [3.8, 4) is 0 Å². The predicted molar refractivity (Wildman–Crippen MR) is 69.9 cm³/mol. The molecule has 5 nitrogen and oxygen atoms in total. The van der Waals surface area contributed by atoms with Crippen LogP contribution in [0.15, 0.2) is 0 Å². The molecule has 3 rings (SSSR count). The highest BCUT2D eigenvalue weighted by Gasteiger charge is 2.41. The normalized spacial score (nSPS) is 32.1. The first-order chi connectivity index (χ1) is 9.27. The van der Waals surface area contributed by atoms with Crippen LogP contribution in [0.5, 0.6) is 0 Å². The molecule has 2 amide bonds. The number of Topliss-reactive ketones (excluding diaryl/α,β-unsaturated/α-hetero) is 1. The molecule has 2 unspecified atom stereocenters. The molecule has 3 aliphatic rings. The van der Waals surface area contributed by atoms with E-state index in [1.807, 2.05) is 9.80 Å². The van der Waals surface area contributed by atoms with Gasteiger partial charge in [-0.15, -0.1) is 0 Å². The molecule has 2 saturated heterocycles. The first-order valence-electron chi connectivity index (χ1n) is 7.43. The largest absolute Gasteiger partial charge is 0.378 e. The quantitative estimate of drug-likeness (QED) is 0.718. The molecule has 0 aromatic heterocycles. The third-order valence-electron chi connectivity index (χ3n) is 4.64. The number of carbonyl (C=O) groups excluding carboxylic acids is 2. The minimum atomic E-state index is 0.104. The van der Waals surface area contributed by atoms with Crippen molar-refractivity contribution < 1.29 is 14.3 Å². The lowest BCUT2D eigenvalue weighted by molar-refractivity contribution is -0.122. The van der Waals surface area contributed by atoms with Gasteiger partial charge in [-0.25, -0.2) is 4.79 Å². The Morgan fingerprint density at radius 1 is 1.11 bits per heavy atom. The van der Waals surface area contributed by atoms with E-state index in [9.17, 15) is 9.59 Å². The molecule has 2 aliphatic heterocycles. The summed E-state index contributed by atoms with van der Waals surface area (Å²) in [6.07, 6.45) is 4.70. The van der Waals surface area contributed by atoms with Crippen LogP contribution in [0.25, 0.3) is 0 Å². The van der Waals surface area contributed by atoms with Crippen molar-refractivity contribution in [1.29, 1.82) is 0 Å². The van der Waals surface area contributed by atoms with Crippen molar-refractivity contribution in [2.24, 2.45) is 5.92 Å². The zero-order chi connectivity index (χ0) is 13.2. The van der Waals surface area contributed by atoms with Crippen molar-refractivity contribution in [2.45, 2.75) is 38.1 Å². The third kappa shape index (κ3) is 2.48. The van der Waals surface area contributed by atoms with Crippen LogP contribution in [0.4, 0.5) is 4.79 Å². The van der Waals surface area contributed by atoms with Gasteiger partial charge in [0.25, 0.3) is 0 Å². The SMILES string of the molecule is O=C1CCCC1C1CCCN1C(=O)N1CCOCC1. The minimum Gasteiger partial charge on any atom is -0.378 e. The number of ether oxygens (including phenoxy) is 1. The molecule has 2 atom stereocenters. The third-order valence-corrected chi connectivity index (χ3v) is 4.64. The lowest BCUT2D eigenvalue weighted by atomic mass is 9.95. The Morgan fingerprint density at radius 2 is 1.89 bits per heavy atom. The summed E-state index contributed by atoms with van der Waals surface area (Å²) < 4.78 is 5.29. The summed E-state index contributed by atoms with van der Waals surface area (Å²) in [4.78, 5) is 28.3. The second kappa shape index (κ2) is 5.49. The Labute approximate surface area is 113 Å². The van der Waals surface area contributed by atoms with Crippen molar-refractivity contribution in [3.05, 3.63) is 0 Å². The maximum atomic E-state index is 12.6. The summed E-state index contributed by atoms with van der Waals surface area (Å²) in [6.45, 7) is 3.44. The van der Waals surface area contributed by atoms with Gasteiger partial charge >= 0.3 is 6.03 Å². The Hall–Kier alpha value is -1.10. The number of hydrogen-bond donors (Lipinski definition) is 0. The van der Waals surface area contributed by atoms with Gasteiger partial charge in [-0.2, -0.15) is 0 Å². The Balaban J connectivity index is 1.68. The monoisotopic (exact) mass is 266 g/mol. The van der Waals surface area contributed by atoms with Gasteiger partial charge in [0, 0.05) is 38.0 Å². The topological polar surface area (TPSA) is 49.9 Å². The summed E-state index contributed by atoms with van der Waals surface area (Å²) in [5.41, 5.74) is 0. The Bertz CT molecular complexity index is 366. The van der Waals surface area contributed by atoms with Crippen LogP contribution < -0.4 is 0 Å². The van der Waals surface area contributed by atoms with E-state index in [4.69, 9.17) is 4.74 Å². The van der Waals surface area contributed by atoms with Crippen molar-refractivity contribution >= 4 is 11.8 Å². The van der Waals surface area contributed by atoms with Crippen LogP contribution in [0, 0.1) is 5.92 Å². The summed E-state index contributed by atoms with van der Waals surface area (Å²) in [7, 11) is 0. The molecule has 1 aliphatic carbocycles. The molecule has 1 saturated carbocycles. The maximum Gasteiger partial charge on any atom is 0.320 e. The zero-order valence-corrected chi connectivity index (χ0v) is 11.3. The van der Waals surface area contributed by atoms with E-state index < -0.39 is 0 Å². The molecule has 19 heavy (non-hydrogen) atoms. The zero-order valence-electron chi connectivity index (χ0n) is 11.3. The number of rotatable bonds is 1. The number of hydrogen-bond acceptors (Lipinski definition) is 3. The second-order valence-electron chi connectivity index (χ2n) is 5.75. The number of amides is 2. The van der Waals surface area contributed by atoms with E-state index in [-0.39, 0.29) is 18.0 Å². The van der Waals surface area contributed by atoms with Crippen LogP contribution >= 0.6 is 0 Å². The molecule has 0 N–H and O–H groups in total. The lowest BCUT2D eigenvalue weighted by Crippen LogP contribution is -2.51. The number of likely N-dealkylation sites (tertiary alicyclic amines) is 1. The number of carbonyl (C=O) groups is 2. The van der Waals surface area contributed by atoms with Gasteiger partial charge in [-0.1, -0.05) is 0 Å². The van der Waals surface area contributed by atoms with E-state index in [1.165, 1.54) is 0 Å². The van der Waals surface area contributed by atoms with Gasteiger partial charge in [0.1, 0.15) is 5.78 Å². The molecule has 3 fully saturated rings. The molecular weight excluding hydrogens is 244 g/mol. The molecule has 106 valence electrons. The molecule has 0 radical (unpaired) electrons. The van der Waals surface area contributed by atoms with E-state index >= 15 is 0 Å². The minimum absolute atomic E-state index is 0.104. The highest BCUT2D eigenvalue weighted by molar-refractivity contribution is 5.84. The maximum absolute atomic E-state index is 12.6. The fraction of sp³-hybridized carbons (Fsp3) is 0.857. The van der Waals surface area contributed by atoms with Crippen LogP contribution in [0.3, 0.4) is 0 Å². The van der Waals surface area contributed by atoms with Gasteiger partial charge < -0.3 is 14.5 Å². The van der Waals surface area contributed by atoms with E-state index in [2.05, 4.69) is 0 Å². The van der Waals surface area contributed by atoms with Crippen molar-refractivity contribution in [2.75, 3.05) is 32.8 Å². The van der Waals surface area contributed by atoms with Gasteiger partial charge in [0.15, 0.2) is 0 Å². The first-order valence-corrected chi connectivity index (χ1v) is 7.43. The highest BCUT2D eigenvalue weighted by atomic mass is 16.5. The van der Waals surface area contributed by atoms with E-state index in [0.717, 1.165) is 32.2 Å². The Kier molecular flexibility index (Phi) is 3.73. The summed E-state index contributed by atoms with van der Waals surface area (Å²) in [6, 6.07) is 0.274. The molecule has 5 heteroatoms. The molecule has 2 heterocycles. The van der Waals surface area contributed by atoms with Crippen LogP contribution in [-0.4, -0.2) is 60.5 Å². The second-order valence-corrected chi connectivity index (χ2v) is 5.75. The lowest BCUT2D eigenvalue weighted by Gasteiger charge is -2.35. The predicted octanol–water partition coefficient (Wildman–Crippen LogP) is 1.27. The van der Waals surface area contributed by atoms with Gasteiger partial charge in [0.2, 0.25) is 0 Å². The van der Waals surface area contributed by atoms with E-state index in [0.29, 0.717) is 38.5 Å². The number of nitrogens with zero attached hydrogens (tertiary/aromatic N) is 2. The van der Waals surface area contributed by atoms with Crippen molar-refractivity contribution in [3.63, 3.8) is 0 Å². The summed E-state index contributed by atoms with van der Waals surface area (Å²) in [5, 5.41) is 0. The van der Waals surface area contributed by atoms with Crippen molar-refractivity contribution in [1.82, 2.24) is 9.80 Å². The first kappa shape index (κ1) is 12.9. The average Bonchev–Trinajstić information content (AvgIpc) is 3.07. The molecular formula is C14H22N2O3. The van der Waals surface area contributed by atoms with Crippen LogP contribution in [0.1, 0.15) is 32.1 Å². The number of ketones is 1. The fourth-order valence-electron chi connectivity index (χ4n) is 3.63. The van der Waals surface area contributed by atoms with E-state index in [1.54, 1.807) is 0 Å². The number of morpholine rings is 1. The van der Waals surface area contributed by atoms with Crippen LogP contribution in [-0.2, 0) is 9.53 Å². The molecule has 0 aromatic carbocycles. The fourth-order valence-corrected chi connectivity index (χ4v) is 3.63. The highest BCUT2D eigenvalue weighted by Crippen LogP contribution is 2.33. The standard InChI is InChI=1S/C14H22N2O3/c17-13-5-1-3-11(13)12-4-2-6-16(12)14(18)15-7-9-19-10-8-15/h11-12H,1-10H2. The molecule has 0 aromatic rings. The van der Waals surface area contributed by atoms with Gasteiger partial charge in [0.05, 0.1) is 13.2 Å². The smallest absolute Gasteiger partial charge is 0.320 e. The number of urea groups is 1. The average molecular weight is 266 g/mol. The van der Waals surface area contributed by atoms with Gasteiger partial charge in [-0.3, -0.25) is 4.79 Å². The molecule has 0 spiro atoms.